The Hall–Kier alpha value is -1.14. The lowest BCUT2D eigenvalue weighted by molar-refractivity contribution is 0.601. The minimum Gasteiger partial charge on any atom is -0.269 e. The van der Waals surface area contributed by atoms with E-state index in [0.717, 1.165) is 20.9 Å². The normalized spacial score (nSPS) is 11.8. The highest BCUT2D eigenvalue weighted by molar-refractivity contribution is 7.54. The molecule has 82 valence electrons. The van der Waals surface area contributed by atoms with Crippen LogP contribution in [0.25, 0.3) is 20.9 Å². The number of rotatable bonds is 2. The topological polar surface area (TPSA) is 34.1 Å². The minimum atomic E-state index is -0.0724. The summed E-state index contributed by atoms with van der Waals surface area (Å²) in [6, 6.07) is 12.0. The summed E-state index contributed by atoms with van der Waals surface area (Å²) in [6.07, 6.45) is 0. The van der Waals surface area contributed by atoms with Crippen molar-refractivity contribution in [3.8, 4) is 0 Å². The molecular formula is C12H6O2P2S. The van der Waals surface area contributed by atoms with E-state index in [1.54, 1.807) is 0 Å². The largest absolute Gasteiger partial charge is 0.269 e. The molecular weight excluding hydrogens is 270 g/mol. The Bertz CT molecular complexity index is 749. The predicted octanol–water partition coefficient (Wildman–Crippen LogP) is 3.89. The van der Waals surface area contributed by atoms with E-state index in [-0.39, 0.29) is 16.9 Å². The van der Waals surface area contributed by atoms with Crippen LogP contribution in [0.5, 0.6) is 0 Å². The maximum atomic E-state index is 11.3. The van der Waals surface area contributed by atoms with E-state index in [1.807, 2.05) is 36.4 Å². The van der Waals surface area contributed by atoms with Gasteiger partial charge in [0.1, 0.15) is 4.62 Å². The molecule has 0 amide bonds. The van der Waals surface area contributed by atoms with Gasteiger partial charge in [-0.3, -0.25) is 9.13 Å². The van der Waals surface area contributed by atoms with Gasteiger partial charge in [0.05, 0.1) is 5.30 Å². The van der Waals surface area contributed by atoms with Crippen molar-refractivity contribution in [3.63, 3.8) is 0 Å². The first-order chi connectivity index (χ1) is 8.35. The van der Waals surface area contributed by atoms with E-state index in [9.17, 15) is 9.13 Å². The summed E-state index contributed by atoms with van der Waals surface area (Å²) < 4.78 is 24.0. The summed E-state index contributed by atoms with van der Waals surface area (Å²) >= 11 is 1.43. The molecule has 2 aromatic carbocycles. The third-order valence-electron chi connectivity index (χ3n) is 2.71. The third kappa shape index (κ3) is 1.63. The standard InChI is InChI=1S/C12H6O2P2S/c13-15-11-10-8-4-2-1-3-7(8)5-6-9(10)17-12(11)16-14/h1-6H. The first kappa shape index (κ1) is 11.0. The van der Waals surface area contributed by atoms with Crippen molar-refractivity contribution in [1.82, 2.24) is 0 Å². The molecule has 0 aliphatic carbocycles. The van der Waals surface area contributed by atoms with E-state index in [2.05, 4.69) is 0 Å². The number of fused-ring (bicyclic) bond motifs is 3. The summed E-state index contributed by atoms with van der Waals surface area (Å²) in [5, 5.41) is 3.79. The highest BCUT2D eigenvalue weighted by atomic mass is 32.1. The van der Waals surface area contributed by atoms with Gasteiger partial charge in [-0.05, 0) is 16.8 Å². The van der Waals surface area contributed by atoms with Gasteiger partial charge in [0.25, 0.3) is 0 Å². The van der Waals surface area contributed by atoms with Crippen LogP contribution in [0.15, 0.2) is 36.4 Å². The average molecular weight is 276 g/mol. The van der Waals surface area contributed by atoms with E-state index in [1.165, 1.54) is 11.3 Å². The molecule has 0 N–H and O–H groups in total. The lowest BCUT2D eigenvalue weighted by Gasteiger charge is -1.99. The van der Waals surface area contributed by atoms with Crippen molar-refractivity contribution in [1.29, 1.82) is 0 Å². The van der Waals surface area contributed by atoms with Crippen molar-refractivity contribution in [2.24, 2.45) is 0 Å². The fraction of sp³-hybridized carbons (Fsp3) is 0. The number of benzene rings is 2. The molecule has 0 atom stereocenters. The minimum absolute atomic E-state index is 0.0662. The van der Waals surface area contributed by atoms with Crippen molar-refractivity contribution < 1.29 is 9.13 Å². The van der Waals surface area contributed by atoms with Gasteiger partial charge in [-0.15, -0.1) is 11.3 Å². The van der Waals surface area contributed by atoms with Gasteiger partial charge in [-0.2, -0.15) is 0 Å². The van der Waals surface area contributed by atoms with Gasteiger partial charge < -0.3 is 0 Å². The molecule has 17 heavy (non-hydrogen) atoms. The smallest absolute Gasteiger partial charge is 0.204 e. The van der Waals surface area contributed by atoms with Crippen molar-refractivity contribution in [3.05, 3.63) is 36.4 Å². The monoisotopic (exact) mass is 276 g/mol. The van der Waals surface area contributed by atoms with Crippen LogP contribution in [0, 0.1) is 0 Å². The molecule has 0 aliphatic heterocycles. The molecule has 0 aliphatic rings. The molecule has 3 aromatic rings. The second-order valence-corrected chi connectivity index (χ2v) is 6.21. The van der Waals surface area contributed by atoms with Crippen molar-refractivity contribution in [2.45, 2.75) is 0 Å². The Morgan fingerprint density at radius 1 is 0.941 bits per heavy atom. The zero-order valence-electron chi connectivity index (χ0n) is 8.58. The molecule has 0 spiro atoms. The van der Waals surface area contributed by atoms with Gasteiger partial charge in [0.15, 0.2) is 8.46 Å². The molecule has 5 heteroatoms. The van der Waals surface area contributed by atoms with Crippen LogP contribution in [0.4, 0.5) is 0 Å². The zero-order valence-corrected chi connectivity index (χ0v) is 11.2. The Labute approximate surface area is 105 Å². The lowest BCUT2D eigenvalue weighted by atomic mass is 10.1. The zero-order chi connectivity index (χ0) is 11.8. The highest BCUT2D eigenvalue weighted by Gasteiger charge is 2.14. The third-order valence-corrected chi connectivity index (χ3v) is 5.51. The van der Waals surface area contributed by atoms with Gasteiger partial charge in [0, 0.05) is 10.1 Å². The maximum absolute atomic E-state index is 11.3. The molecule has 2 nitrogen and oxygen atoms in total. The Morgan fingerprint density at radius 2 is 1.76 bits per heavy atom. The Morgan fingerprint density at radius 3 is 2.53 bits per heavy atom. The molecule has 0 radical (unpaired) electrons. The number of thiophene rings is 1. The maximum Gasteiger partial charge on any atom is 0.204 e. The molecule has 1 heterocycles. The molecule has 0 fully saturated rings. The number of hydrogen-bond acceptors (Lipinski definition) is 3. The second-order valence-electron chi connectivity index (χ2n) is 3.60. The van der Waals surface area contributed by atoms with Crippen LogP contribution in [0.1, 0.15) is 0 Å². The summed E-state index contributed by atoms with van der Waals surface area (Å²) in [7, 11) is -0.139. The van der Waals surface area contributed by atoms with Crippen LogP contribution < -0.4 is 9.92 Å². The van der Waals surface area contributed by atoms with Crippen molar-refractivity contribution in [2.75, 3.05) is 0 Å². The average Bonchev–Trinajstić information content (AvgIpc) is 2.76. The SMILES string of the molecule is O=Pc1sc2ccc3ccccc3c2c1P=O. The molecule has 0 saturated carbocycles. The number of hydrogen-bond donors (Lipinski definition) is 0. The van der Waals surface area contributed by atoms with E-state index < -0.39 is 0 Å². The molecule has 1 aromatic heterocycles. The van der Waals surface area contributed by atoms with Gasteiger partial charge in [-0.1, -0.05) is 30.3 Å². The summed E-state index contributed by atoms with van der Waals surface area (Å²) in [6.45, 7) is 0. The Kier molecular flexibility index (Phi) is 2.76. The second kappa shape index (κ2) is 4.27. The van der Waals surface area contributed by atoms with Crippen LogP contribution in [0.3, 0.4) is 0 Å². The first-order valence-corrected chi connectivity index (χ1v) is 7.40. The first-order valence-electron chi connectivity index (χ1n) is 4.96. The lowest BCUT2D eigenvalue weighted by Crippen LogP contribution is -2.05. The molecule has 3 rings (SSSR count). The van der Waals surface area contributed by atoms with Crippen LogP contribution in [-0.4, -0.2) is 0 Å². The summed E-state index contributed by atoms with van der Waals surface area (Å²) in [5.74, 6) is 0. The van der Waals surface area contributed by atoms with Crippen LogP contribution in [-0.2, 0) is 9.13 Å². The summed E-state index contributed by atoms with van der Waals surface area (Å²) in [5.41, 5.74) is 0. The fourth-order valence-electron chi connectivity index (χ4n) is 1.99. The molecule has 0 saturated heterocycles. The van der Waals surface area contributed by atoms with Crippen LogP contribution in [0.2, 0.25) is 0 Å². The quantitative estimate of drug-likeness (QED) is 0.665. The van der Waals surface area contributed by atoms with Gasteiger partial charge in [-0.25, -0.2) is 0 Å². The van der Waals surface area contributed by atoms with Gasteiger partial charge in [0.2, 0.25) is 8.46 Å². The predicted molar refractivity (Wildman–Crippen MR) is 73.8 cm³/mol. The van der Waals surface area contributed by atoms with Crippen LogP contribution >= 0.6 is 28.3 Å². The molecule has 0 unspecified atom stereocenters. The Balaban J connectivity index is 2.60. The fourth-order valence-corrected chi connectivity index (χ4v) is 4.47. The van der Waals surface area contributed by atoms with E-state index >= 15 is 0 Å². The highest BCUT2D eigenvalue weighted by Crippen LogP contribution is 2.30. The molecule has 0 bridgehead atoms. The van der Waals surface area contributed by atoms with E-state index in [0.29, 0.717) is 9.92 Å². The van der Waals surface area contributed by atoms with E-state index in [4.69, 9.17) is 0 Å². The summed E-state index contributed by atoms with van der Waals surface area (Å²) in [4.78, 5) is 0. The van der Waals surface area contributed by atoms with Crippen molar-refractivity contribution >= 4 is 59.0 Å². The van der Waals surface area contributed by atoms with Gasteiger partial charge >= 0.3 is 0 Å².